The first-order chi connectivity index (χ1) is 14.3. The monoisotopic (exact) mass is 428 g/mol. The number of methoxy groups -OCH3 is 1. The molecule has 1 N–H and O–H groups in total. The second-order valence-corrected chi connectivity index (χ2v) is 8.07. The van der Waals surface area contributed by atoms with Gasteiger partial charge in [-0.1, -0.05) is 26.7 Å². The van der Waals surface area contributed by atoms with E-state index in [0.717, 1.165) is 43.9 Å². The Kier molecular flexibility index (Phi) is 9.45. The van der Waals surface area contributed by atoms with Crippen LogP contribution in [0.15, 0.2) is 18.2 Å². The van der Waals surface area contributed by atoms with Gasteiger partial charge in [-0.25, -0.2) is 8.78 Å². The van der Waals surface area contributed by atoms with Crippen molar-refractivity contribution in [3.8, 4) is 5.75 Å². The number of carbonyl (C=O) groups is 1. The van der Waals surface area contributed by atoms with Crippen molar-refractivity contribution in [3.05, 3.63) is 29.8 Å². The van der Waals surface area contributed by atoms with Crippen molar-refractivity contribution >= 4 is 5.91 Å². The third-order valence-corrected chi connectivity index (χ3v) is 5.36. The normalized spacial score (nSPS) is 20.4. The summed E-state index contributed by atoms with van der Waals surface area (Å²) in [4.78, 5) is 16.2. The fraction of sp³-hybridized carbons (Fsp3) is 0.682. The lowest BCUT2D eigenvalue weighted by atomic mass is 10.00. The molecule has 1 unspecified atom stereocenters. The molecule has 0 radical (unpaired) electrons. The molecule has 0 aliphatic carbocycles. The number of carbonyl (C=O) groups excluding carboxylic acids is 1. The molecule has 1 fully saturated rings. The number of nitrogens with zero attached hydrogens (tertiary/aromatic N) is 2. The number of β-amino-alcohol motifs (C(OH)–C–C–N with tert-alkyl or cyclic N) is 1. The van der Waals surface area contributed by atoms with Crippen LogP contribution in [0.5, 0.6) is 5.75 Å². The predicted molar refractivity (Wildman–Crippen MR) is 110 cm³/mol. The molecule has 0 saturated carbocycles. The summed E-state index contributed by atoms with van der Waals surface area (Å²) >= 11 is 0. The molecule has 1 aromatic carbocycles. The quantitative estimate of drug-likeness (QED) is 0.621. The van der Waals surface area contributed by atoms with Gasteiger partial charge in [0.05, 0.1) is 6.54 Å². The topological polar surface area (TPSA) is 62.2 Å². The molecule has 1 heterocycles. The molecule has 0 aromatic heterocycles. The minimum absolute atomic E-state index is 0.00477. The molecule has 6 nitrogen and oxygen atoms in total. The van der Waals surface area contributed by atoms with Gasteiger partial charge >= 0.3 is 0 Å². The van der Waals surface area contributed by atoms with E-state index in [0.29, 0.717) is 19.6 Å². The molecule has 1 amide bonds. The van der Waals surface area contributed by atoms with Gasteiger partial charge in [0, 0.05) is 51.0 Å². The minimum atomic E-state index is -1.39. The molecule has 1 aliphatic rings. The van der Waals surface area contributed by atoms with Gasteiger partial charge in [0.2, 0.25) is 5.91 Å². The van der Waals surface area contributed by atoms with E-state index >= 15 is 0 Å². The van der Waals surface area contributed by atoms with Crippen LogP contribution in [0.3, 0.4) is 0 Å². The lowest BCUT2D eigenvalue weighted by molar-refractivity contribution is -0.138. The van der Waals surface area contributed by atoms with Crippen molar-refractivity contribution in [2.45, 2.75) is 51.2 Å². The van der Waals surface area contributed by atoms with E-state index in [2.05, 4.69) is 18.7 Å². The van der Waals surface area contributed by atoms with Crippen LogP contribution in [0.25, 0.3) is 0 Å². The molecule has 1 atom stereocenters. The Morgan fingerprint density at radius 3 is 2.33 bits per heavy atom. The zero-order valence-corrected chi connectivity index (χ0v) is 18.2. The summed E-state index contributed by atoms with van der Waals surface area (Å²) in [5, 5.41) is 11.4. The third-order valence-electron chi connectivity index (χ3n) is 5.36. The van der Waals surface area contributed by atoms with E-state index in [4.69, 9.17) is 9.47 Å². The van der Waals surface area contributed by atoms with Crippen molar-refractivity contribution in [2.24, 2.45) is 0 Å². The summed E-state index contributed by atoms with van der Waals surface area (Å²) in [6.07, 6.45) is 4.02. The Morgan fingerprint density at radius 1 is 1.13 bits per heavy atom. The molecule has 1 aliphatic heterocycles. The van der Waals surface area contributed by atoms with Crippen molar-refractivity contribution in [2.75, 3.05) is 46.5 Å². The molecule has 1 aromatic rings. The Bertz CT molecular complexity index is 665. The zero-order valence-electron chi connectivity index (χ0n) is 18.2. The Morgan fingerprint density at radius 2 is 1.77 bits per heavy atom. The van der Waals surface area contributed by atoms with Crippen molar-refractivity contribution in [3.63, 3.8) is 0 Å². The van der Waals surface area contributed by atoms with Crippen LogP contribution in [0.1, 0.15) is 39.5 Å². The van der Waals surface area contributed by atoms with E-state index in [-0.39, 0.29) is 37.5 Å². The van der Waals surface area contributed by atoms with Crippen molar-refractivity contribution in [1.82, 2.24) is 9.80 Å². The zero-order chi connectivity index (χ0) is 22.1. The summed E-state index contributed by atoms with van der Waals surface area (Å²) in [5.74, 6) is -1.70. The van der Waals surface area contributed by atoms with Gasteiger partial charge < -0.3 is 19.5 Å². The van der Waals surface area contributed by atoms with Crippen molar-refractivity contribution in [1.29, 1.82) is 0 Å². The number of ether oxygens (including phenoxy) is 2. The first kappa shape index (κ1) is 24.5. The number of hydrogen-bond acceptors (Lipinski definition) is 5. The highest BCUT2D eigenvalue weighted by Crippen LogP contribution is 2.23. The molecule has 8 heteroatoms. The van der Waals surface area contributed by atoms with Gasteiger partial charge in [0.25, 0.3) is 0 Å². The highest BCUT2D eigenvalue weighted by Gasteiger charge is 2.39. The number of halogens is 2. The lowest BCUT2D eigenvalue weighted by Gasteiger charge is -2.36. The van der Waals surface area contributed by atoms with Crippen LogP contribution in [0.2, 0.25) is 0 Å². The second kappa shape index (κ2) is 11.6. The van der Waals surface area contributed by atoms with Gasteiger partial charge in [0.15, 0.2) is 0 Å². The number of amides is 1. The Hall–Kier alpha value is -1.77. The van der Waals surface area contributed by atoms with Crippen LogP contribution < -0.4 is 4.74 Å². The summed E-state index contributed by atoms with van der Waals surface area (Å²) in [5.41, 5.74) is -1.39. The lowest BCUT2D eigenvalue weighted by Crippen LogP contribution is -2.53. The molecule has 2 rings (SSSR count). The summed E-state index contributed by atoms with van der Waals surface area (Å²) in [6.45, 7) is 5.49. The molecule has 0 bridgehead atoms. The summed E-state index contributed by atoms with van der Waals surface area (Å²) in [6, 6.07) is 3.20. The van der Waals surface area contributed by atoms with E-state index in [1.165, 1.54) is 7.11 Å². The maximum Gasteiger partial charge on any atom is 0.248 e. The first-order valence-electron chi connectivity index (χ1n) is 10.6. The highest BCUT2D eigenvalue weighted by atomic mass is 19.1. The number of hydrogen-bond donors (Lipinski definition) is 1. The van der Waals surface area contributed by atoms with Crippen LogP contribution >= 0.6 is 0 Å². The minimum Gasteiger partial charge on any atom is -0.490 e. The SMILES string of the molecule is CCCC(CCC)N1CCN(C(=O)COC)CC(O)(COc2cc(F)cc(F)c2)C1. The number of aliphatic hydroxyl groups is 1. The predicted octanol–water partition coefficient (Wildman–Crippen LogP) is 2.83. The maximum absolute atomic E-state index is 13.5. The largest absolute Gasteiger partial charge is 0.490 e. The van der Waals surface area contributed by atoms with Crippen molar-refractivity contribution < 1.29 is 28.2 Å². The van der Waals surface area contributed by atoms with Crippen LogP contribution in [0, 0.1) is 11.6 Å². The van der Waals surface area contributed by atoms with E-state index in [9.17, 15) is 18.7 Å². The summed E-state index contributed by atoms with van der Waals surface area (Å²) in [7, 11) is 1.45. The fourth-order valence-electron chi connectivity index (χ4n) is 4.03. The first-order valence-corrected chi connectivity index (χ1v) is 10.6. The maximum atomic E-state index is 13.5. The average Bonchev–Trinajstić information content (AvgIpc) is 2.85. The smallest absolute Gasteiger partial charge is 0.248 e. The van der Waals surface area contributed by atoms with Crippen LogP contribution in [0.4, 0.5) is 8.78 Å². The Balaban J connectivity index is 2.21. The van der Waals surface area contributed by atoms with Gasteiger partial charge in [0.1, 0.15) is 36.2 Å². The highest BCUT2D eigenvalue weighted by molar-refractivity contribution is 5.77. The number of rotatable bonds is 10. The third kappa shape index (κ3) is 7.18. The molecular weight excluding hydrogens is 394 g/mol. The van der Waals surface area contributed by atoms with Gasteiger partial charge in [-0.05, 0) is 12.8 Å². The van der Waals surface area contributed by atoms with E-state index in [1.54, 1.807) is 4.90 Å². The molecular formula is C22H34F2N2O4. The van der Waals surface area contributed by atoms with E-state index in [1.807, 2.05) is 0 Å². The summed E-state index contributed by atoms with van der Waals surface area (Å²) < 4.78 is 37.5. The van der Waals surface area contributed by atoms with E-state index < -0.39 is 17.2 Å². The standard InChI is InChI=1S/C22H34F2N2O4/c1-4-6-19(7-5-2)25-8-9-26(21(27)13-29-3)15-22(28,14-25)16-30-20-11-17(23)10-18(24)12-20/h10-12,19,28H,4-9,13-16H2,1-3H3. The molecule has 0 spiro atoms. The fourth-order valence-corrected chi connectivity index (χ4v) is 4.03. The van der Waals surface area contributed by atoms with Gasteiger partial charge in [-0.15, -0.1) is 0 Å². The van der Waals surface area contributed by atoms with Crippen LogP contribution in [-0.4, -0.2) is 79.0 Å². The van der Waals surface area contributed by atoms with Gasteiger partial charge in [-0.3, -0.25) is 9.69 Å². The molecule has 1 saturated heterocycles. The number of benzene rings is 1. The molecule has 30 heavy (non-hydrogen) atoms. The van der Waals surface area contributed by atoms with Crippen LogP contribution in [-0.2, 0) is 9.53 Å². The Labute approximate surface area is 177 Å². The molecule has 170 valence electrons. The van der Waals surface area contributed by atoms with Gasteiger partial charge in [-0.2, -0.15) is 0 Å². The second-order valence-electron chi connectivity index (χ2n) is 8.07. The average molecular weight is 429 g/mol.